The monoisotopic (exact) mass is 264 g/mol. The molecule has 0 aliphatic heterocycles. The Hall–Kier alpha value is -1.89. The molecule has 19 heavy (non-hydrogen) atoms. The number of imidazole rings is 1. The molecule has 2 heterocycles. The average Bonchev–Trinajstić information content (AvgIpc) is 2.88. The Morgan fingerprint density at radius 3 is 2.89 bits per heavy atom. The molecule has 0 fully saturated rings. The van der Waals surface area contributed by atoms with Crippen molar-refractivity contribution < 1.29 is 4.74 Å². The zero-order chi connectivity index (χ0) is 13.8. The molecule has 0 bridgehead atoms. The standard InChI is InChI=1S/C12H20N6O/c1-9-5-18(6-11-16-13-8-17(11)3)12(14-9)15-10(2)7-19-4/h5,8,10H,6-7H2,1-4H3,(H,14,15). The van der Waals surface area contributed by atoms with E-state index >= 15 is 0 Å². The zero-order valence-corrected chi connectivity index (χ0v) is 11.8. The van der Waals surface area contributed by atoms with Crippen LogP contribution in [0.1, 0.15) is 18.4 Å². The van der Waals surface area contributed by atoms with Crippen LogP contribution in [0.5, 0.6) is 0 Å². The van der Waals surface area contributed by atoms with E-state index in [1.54, 1.807) is 13.4 Å². The minimum Gasteiger partial charge on any atom is -0.383 e. The Morgan fingerprint density at radius 2 is 2.26 bits per heavy atom. The van der Waals surface area contributed by atoms with Gasteiger partial charge in [0.1, 0.15) is 6.33 Å². The van der Waals surface area contributed by atoms with E-state index < -0.39 is 0 Å². The van der Waals surface area contributed by atoms with E-state index in [4.69, 9.17) is 4.74 Å². The lowest BCUT2D eigenvalue weighted by Crippen LogP contribution is -2.23. The van der Waals surface area contributed by atoms with Crippen molar-refractivity contribution in [3.8, 4) is 0 Å². The van der Waals surface area contributed by atoms with Gasteiger partial charge in [0.25, 0.3) is 0 Å². The fourth-order valence-electron chi connectivity index (χ4n) is 1.90. The number of aryl methyl sites for hydroxylation is 2. The van der Waals surface area contributed by atoms with Crippen molar-refractivity contribution in [1.82, 2.24) is 24.3 Å². The molecule has 1 atom stereocenters. The Morgan fingerprint density at radius 1 is 1.47 bits per heavy atom. The summed E-state index contributed by atoms with van der Waals surface area (Å²) >= 11 is 0. The second-order valence-electron chi connectivity index (χ2n) is 4.69. The van der Waals surface area contributed by atoms with Crippen LogP contribution in [0.25, 0.3) is 0 Å². The maximum absolute atomic E-state index is 5.12. The number of rotatable bonds is 6. The summed E-state index contributed by atoms with van der Waals surface area (Å²) < 4.78 is 9.06. The Balaban J connectivity index is 2.14. The minimum absolute atomic E-state index is 0.199. The van der Waals surface area contributed by atoms with Crippen molar-refractivity contribution in [3.63, 3.8) is 0 Å². The minimum atomic E-state index is 0.199. The van der Waals surface area contributed by atoms with Crippen LogP contribution in [0.4, 0.5) is 5.95 Å². The first-order chi connectivity index (χ1) is 9.10. The molecule has 0 saturated heterocycles. The van der Waals surface area contributed by atoms with Gasteiger partial charge in [0.2, 0.25) is 5.95 Å². The average molecular weight is 264 g/mol. The molecule has 0 aromatic carbocycles. The second-order valence-corrected chi connectivity index (χ2v) is 4.69. The quantitative estimate of drug-likeness (QED) is 0.836. The van der Waals surface area contributed by atoms with Gasteiger partial charge in [0.15, 0.2) is 5.82 Å². The summed E-state index contributed by atoms with van der Waals surface area (Å²) in [7, 11) is 3.62. The van der Waals surface area contributed by atoms with Crippen molar-refractivity contribution >= 4 is 5.95 Å². The number of hydrogen-bond acceptors (Lipinski definition) is 5. The van der Waals surface area contributed by atoms with Gasteiger partial charge in [-0.1, -0.05) is 0 Å². The lowest BCUT2D eigenvalue weighted by atomic mass is 10.4. The van der Waals surface area contributed by atoms with Crippen LogP contribution in [0, 0.1) is 6.92 Å². The summed E-state index contributed by atoms with van der Waals surface area (Å²) in [6, 6.07) is 0.199. The van der Waals surface area contributed by atoms with Crippen LogP contribution in [0.3, 0.4) is 0 Å². The first kappa shape index (κ1) is 13.5. The molecule has 104 valence electrons. The number of ether oxygens (including phenoxy) is 1. The lowest BCUT2D eigenvalue weighted by molar-refractivity contribution is 0.190. The van der Waals surface area contributed by atoms with Gasteiger partial charge >= 0.3 is 0 Å². The summed E-state index contributed by atoms with van der Waals surface area (Å²) in [5, 5.41) is 11.3. The first-order valence-electron chi connectivity index (χ1n) is 6.22. The van der Waals surface area contributed by atoms with Crippen LogP contribution >= 0.6 is 0 Å². The van der Waals surface area contributed by atoms with Gasteiger partial charge in [-0.15, -0.1) is 10.2 Å². The molecule has 0 radical (unpaired) electrons. The number of methoxy groups -OCH3 is 1. The van der Waals surface area contributed by atoms with Crippen molar-refractivity contribution in [2.45, 2.75) is 26.4 Å². The van der Waals surface area contributed by atoms with Crippen LogP contribution in [0.15, 0.2) is 12.5 Å². The Labute approximate surface area is 112 Å². The fourth-order valence-corrected chi connectivity index (χ4v) is 1.90. The van der Waals surface area contributed by atoms with Gasteiger partial charge in [-0.05, 0) is 13.8 Å². The number of hydrogen-bond donors (Lipinski definition) is 1. The molecule has 1 unspecified atom stereocenters. The highest BCUT2D eigenvalue weighted by Gasteiger charge is 2.11. The SMILES string of the molecule is COCC(C)Nc1nc(C)cn1Cc1nncn1C. The third-order valence-electron chi connectivity index (χ3n) is 2.81. The van der Waals surface area contributed by atoms with E-state index in [0.29, 0.717) is 13.2 Å². The van der Waals surface area contributed by atoms with E-state index in [0.717, 1.165) is 17.5 Å². The number of aromatic nitrogens is 5. The predicted molar refractivity (Wildman–Crippen MR) is 72.0 cm³/mol. The van der Waals surface area contributed by atoms with Gasteiger partial charge in [0, 0.05) is 26.4 Å². The molecular formula is C12H20N6O. The van der Waals surface area contributed by atoms with E-state index in [2.05, 4.69) is 27.4 Å². The summed E-state index contributed by atoms with van der Waals surface area (Å²) in [6.45, 7) is 5.30. The van der Waals surface area contributed by atoms with E-state index in [9.17, 15) is 0 Å². The molecule has 0 amide bonds. The van der Waals surface area contributed by atoms with Crippen LogP contribution in [-0.2, 0) is 18.3 Å². The Kier molecular flexibility index (Phi) is 4.16. The topological polar surface area (TPSA) is 69.8 Å². The van der Waals surface area contributed by atoms with E-state index in [1.165, 1.54) is 0 Å². The summed E-state index contributed by atoms with van der Waals surface area (Å²) in [5.41, 5.74) is 0.967. The summed E-state index contributed by atoms with van der Waals surface area (Å²) in [6.07, 6.45) is 3.69. The summed E-state index contributed by atoms with van der Waals surface area (Å²) in [5.74, 6) is 1.71. The third kappa shape index (κ3) is 3.31. The number of nitrogens with zero attached hydrogens (tertiary/aromatic N) is 5. The normalized spacial score (nSPS) is 12.6. The van der Waals surface area contributed by atoms with Gasteiger partial charge in [-0.2, -0.15) is 0 Å². The molecule has 0 aliphatic carbocycles. The van der Waals surface area contributed by atoms with Crippen molar-refractivity contribution in [3.05, 3.63) is 24.0 Å². The third-order valence-corrected chi connectivity index (χ3v) is 2.81. The highest BCUT2D eigenvalue weighted by atomic mass is 16.5. The second kappa shape index (κ2) is 5.83. The molecule has 0 aliphatic rings. The fraction of sp³-hybridized carbons (Fsp3) is 0.583. The summed E-state index contributed by atoms with van der Waals surface area (Å²) in [4.78, 5) is 4.48. The zero-order valence-electron chi connectivity index (χ0n) is 11.8. The predicted octanol–water partition coefficient (Wildman–Crippen LogP) is 0.815. The van der Waals surface area contributed by atoms with Crippen molar-refractivity contribution in [2.75, 3.05) is 19.0 Å². The van der Waals surface area contributed by atoms with Gasteiger partial charge in [0.05, 0.1) is 18.8 Å². The number of nitrogens with one attached hydrogen (secondary N) is 1. The smallest absolute Gasteiger partial charge is 0.203 e. The maximum Gasteiger partial charge on any atom is 0.203 e. The lowest BCUT2D eigenvalue weighted by Gasteiger charge is -2.14. The van der Waals surface area contributed by atoms with E-state index in [1.807, 2.05) is 29.3 Å². The maximum atomic E-state index is 5.12. The van der Waals surface area contributed by atoms with Gasteiger partial charge in [-0.25, -0.2) is 4.98 Å². The van der Waals surface area contributed by atoms with Crippen LogP contribution in [0.2, 0.25) is 0 Å². The molecule has 0 spiro atoms. The van der Waals surface area contributed by atoms with Crippen molar-refractivity contribution in [2.24, 2.45) is 7.05 Å². The number of anilines is 1. The molecule has 2 aromatic rings. The molecule has 1 N–H and O–H groups in total. The van der Waals surface area contributed by atoms with Crippen molar-refractivity contribution in [1.29, 1.82) is 0 Å². The molecule has 2 rings (SSSR count). The Bertz CT molecular complexity index is 532. The highest BCUT2D eigenvalue weighted by Crippen LogP contribution is 2.11. The van der Waals surface area contributed by atoms with Gasteiger partial charge < -0.3 is 19.2 Å². The van der Waals surface area contributed by atoms with Gasteiger partial charge in [-0.3, -0.25) is 0 Å². The molecule has 7 nitrogen and oxygen atoms in total. The first-order valence-corrected chi connectivity index (χ1v) is 6.22. The van der Waals surface area contributed by atoms with Crippen LogP contribution < -0.4 is 5.32 Å². The molecule has 2 aromatic heterocycles. The van der Waals surface area contributed by atoms with E-state index in [-0.39, 0.29) is 6.04 Å². The van der Waals surface area contributed by atoms with Crippen LogP contribution in [-0.4, -0.2) is 44.1 Å². The molecule has 7 heteroatoms. The largest absolute Gasteiger partial charge is 0.383 e. The molecule has 0 saturated carbocycles. The highest BCUT2D eigenvalue weighted by molar-refractivity contribution is 5.30. The molecular weight excluding hydrogens is 244 g/mol.